The molecule has 4 rings (SSSR count). The number of para-hydroxylation sites is 1. The molecule has 0 radical (unpaired) electrons. The van der Waals surface area contributed by atoms with Crippen molar-refractivity contribution in [3.05, 3.63) is 54.1 Å². The Hall–Kier alpha value is -2.89. The first-order valence-corrected chi connectivity index (χ1v) is 9.61. The summed E-state index contributed by atoms with van der Waals surface area (Å²) in [6, 6.07) is 8.29. The number of anilines is 1. The standard InChI is InChI=1S/C21H25N5O/c1-15-7-10-26(11-8-15)21(27)19-13-25-20(14-24-19)22-9-6-16-12-23-18-5-3-2-4-17(16)18/h2-5,12-15,23H,6-11H2,1H3,(H,22,25). The number of nitrogens with one attached hydrogen (secondary N) is 2. The Morgan fingerprint density at radius 2 is 2.04 bits per heavy atom. The molecule has 6 heteroatoms. The highest BCUT2D eigenvalue weighted by molar-refractivity contribution is 5.92. The van der Waals surface area contributed by atoms with Gasteiger partial charge >= 0.3 is 0 Å². The predicted molar refractivity (Wildman–Crippen MR) is 107 cm³/mol. The fourth-order valence-corrected chi connectivity index (χ4v) is 3.57. The molecule has 27 heavy (non-hydrogen) atoms. The number of amides is 1. The molecule has 1 aliphatic heterocycles. The lowest BCUT2D eigenvalue weighted by molar-refractivity contribution is 0.0691. The lowest BCUT2D eigenvalue weighted by Gasteiger charge is -2.29. The lowest BCUT2D eigenvalue weighted by atomic mass is 9.99. The maximum atomic E-state index is 12.5. The molecule has 1 aromatic carbocycles. The Morgan fingerprint density at radius 3 is 2.81 bits per heavy atom. The third kappa shape index (κ3) is 3.94. The van der Waals surface area contributed by atoms with Gasteiger partial charge in [0.2, 0.25) is 0 Å². The molecule has 0 saturated carbocycles. The highest BCUT2D eigenvalue weighted by Gasteiger charge is 2.22. The number of aromatic nitrogens is 3. The molecule has 3 aromatic rings. The van der Waals surface area contributed by atoms with Gasteiger partial charge in [-0.1, -0.05) is 25.1 Å². The third-order valence-corrected chi connectivity index (χ3v) is 5.32. The van der Waals surface area contributed by atoms with Gasteiger partial charge in [-0.3, -0.25) is 4.79 Å². The zero-order valence-corrected chi connectivity index (χ0v) is 15.6. The Kier molecular flexibility index (Phi) is 5.05. The highest BCUT2D eigenvalue weighted by atomic mass is 16.2. The minimum absolute atomic E-state index is 0.0141. The van der Waals surface area contributed by atoms with Crippen molar-refractivity contribution < 1.29 is 4.79 Å². The summed E-state index contributed by atoms with van der Waals surface area (Å²) in [5.74, 6) is 1.38. The van der Waals surface area contributed by atoms with Crippen LogP contribution < -0.4 is 5.32 Å². The fraction of sp³-hybridized carbons (Fsp3) is 0.381. The molecule has 140 valence electrons. The SMILES string of the molecule is CC1CCN(C(=O)c2cnc(NCCc3c[nH]c4ccccc34)cn2)CC1. The number of H-pyrrole nitrogens is 1. The van der Waals surface area contributed by atoms with Crippen molar-refractivity contribution in [1.29, 1.82) is 0 Å². The van der Waals surface area contributed by atoms with Gasteiger partial charge in [0.15, 0.2) is 0 Å². The summed E-state index contributed by atoms with van der Waals surface area (Å²) in [6.45, 7) is 4.62. The first-order valence-electron chi connectivity index (χ1n) is 9.61. The van der Waals surface area contributed by atoms with Gasteiger partial charge in [-0.2, -0.15) is 0 Å². The normalized spacial score (nSPS) is 15.2. The van der Waals surface area contributed by atoms with Crippen LogP contribution >= 0.6 is 0 Å². The summed E-state index contributed by atoms with van der Waals surface area (Å²) in [5, 5.41) is 4.54. The average molecular weight is 363 g/mol. The van der Waals surface area contributed by atoms with Gasteiger partial charge in [0, 0.05) is 36.7 Å². The number of nitrogens with zero attached hydrogens (tertiary/aromatic N) is 3. The van der Waals surface area contributed by atoms with Crippen molar-refractivity contribution in [2.24, 2.45) is 5.92 Å². The molecule has 2 N–H and O–H groups in total. The zero-order valence-electron chi connectivity index (χ0n) is 15.6. The number of carbonyl (C=O) groups excluding carboxylic acids is 1. The van der Waals surface area contributed by atoms with Gasteiger partial charge in [-0.05, 0) is 36.8 Å². The van der Waals surface area contributed by atoms with Crippen LogP contribution in [0.2, 0.25) is 0 Å². The van der Waals surface area contributed by atoms with Crippen LogP contribution in [0.3, 0.4) is 0 Å². The van der Waals surface area contributed by atoms with E-state index in [9.17, 15) is 4.79 Å². The minimum Gasteiger partial charge on any atom is -0.368 e. The van der Waals surface area contributed by atoms with Crippen molar-refractivity contribution >= 4 is 22.6 Å². The summed E-state index contributed by atoms with van der Waals surface area (Å²) >= 11 is 0. The van der Waals surface area contributed by atoms with Crippen LogP contribution in [-0.4, -0.2) is 45.4 Å². The maximum Gasteiger partial charge on any atom is 0.274 e. The van der Waals surface area contributed by atoms with Crippen LogP contribution in [0.4, 0.5) is 5.82 Å². The number of likely N-dealkylation sites (tertiary alicyclic amines) is 1. The molecular weight excluding hydrogens is 338 g/mol. The monoisotopic (exact) mass is 363 g/mol. The quantitative estimate of drug-likeness (QED) is 0.728. The summed E-state index contributed by atoms with van der Waals surface area (Å²) in [5.41, 5.74) is 2.85. The van der Waals surface area contributed by atoms with Gasteiger partial charge in [0.25, 0.3) is 5.91 Å². The van der Waals surface area contributed by atoms with E-state index in [4.69, 9.17) is 0 Å². The van der Waals surface area contributed by atoms with E-state index in [0.717, 1.165) is 44.4 Å². The second kappa shape index (κ2) is 7.78. The molecule has 0 bridgehead atoms. The summed E-state index contributed by atoms with van der Waals surface area (Å²) in [4.78, 5) is 26.4. The van der Waals surface area contributed by atoms with Gasteiger partial charge < -0.3 is 15.2 Å². The van der Waals surface area contributed by atoms with Crippen molar-refractivity contribution in [2.75, 3.05) is 25.0 Å². The second-order valence-corrected chi connectivity index (χ2v) is 7.30. The summed E-state index contributed by atoms with van der Waals surface area (Å²) in [6.07, 6.45) is 8.29. The smallest absolute Gasteiger partial charge is 0.274 e. The summed E-state index contributed by atoms with van der Waals surface area (Å²) in [7, 11) is 0. The zero-order chi connectivity index (χ0) is 18.6. The van der Waals surface area contributed by atoms with E-state index in [0.29, 0.717) is 17.4 Å². The average Bonchev–Trinajstić information content (AvgIpc) is 3.12. The van der Waals surface area contributed by atoms with Crippen LogP contribution in [0.1, 0.15) is 35.8 Å². The highest BCUT2D eigenvalue weighted by Crippen LogP contribution is 2.19. The Morgan fingerprint density at radius 1 is 1.22 bits per heavy atom. The van der Waals surface area contributed by atoms with E-state index in [1.165, 1.54) is 10.9 Å². The Labute approximate surface area is 159 Å². The first-order chi connectivity index (χ1) is 13.2. The largest absolute Gasteiger partial charge is 0.368 e. The molecule has 1 aliphatic rings. The van der Waals surface area contributed by atoms with E-state index >= 15 is 0 Å². The van der Waals surface area contributed by atoms with Crippen LogP contribution in [0.15, 0.2) is 42.9 Å². The summed E-state index contributed by atoms with van der Waals surface area (Å²) < 4.78 is 0. The van der Waals surface area contributed by atoms with Gasteiger partial charge in [0.1, 0.15) is 11.5 Å². The number of rotatable bonds is 5. The molecule has 1 saturated heterocycles. The van der Waals surface area contributed by atoms with E-state index < -0.39 is 0 Å². The molecule has 3 heterocycles. The van der Waals surface area contributed by atoms with E-state index in [1.807, 2.05) is 11.0 Å². The number of fused-ring (bicyclic) bond motifs is 1. The van der Waals surface area contributed by atoms with Crippen LogP contribution in [0.25, 0.3) is 10.9 Å². The molecule has 0 atom stereocenters. The number of carbonyl (C=O) groups is 1. The van der Waals surface area contributed by atoms with Crippen molar-refractivity contribution in [2.45, 2.75) is 26.2 Å². The maximum absolute atomic E-state index is 12.5. The fourth-order valence-electron chi connectivity index (χ4n) is 3.57. The van der Waals surface area contributed by atoms with E-state index in [2.05, 4.69) is 51.6 Å². The van der Waals surface area contributed by atoms with Gasteiger partial charge in [0.05, 0.1) is 12.4 Å². The van der Waals surface area contributed by atoms with Gasteiger partial charge in [-0.15, -0.1) is 0 Å². The molecule has 1 amide bonds. The van der Waals surface area contributed by atoms with Gasteiger partial charge in [-0.25, -0.2) is 9.97 Å². The predicted octanol–water partition coefficient (Wildman–Crippen LogP) is 3.48. The molecule has 1 fully saturated rings. The van der Waals surface area contributed by atoms with Crippen LogP contribution in [-0.2, 0) is 6.42 Å². The Bertz CT molecular complexity index is 910. The Balaban J connectivity index is 1.32. The van der Waals surface area contributed by atoms with Crippen molar-refractivity contribution in [3.63, 3.8) is 0 Å². The first kappa shape index (κ1) is 17.5. The number of piperidine rings is 1. The second-order valence-electron chi connectivity index (χ2n) is 7.30. The molecular formula is C21H25N5O. The lowest BCUT2D eigenvalue weighted by Crippen LogP contribution is -2.38. The molecule has 0 spiro atoms. The van der Waals surface area contributed by atoms with Crippen LogP contribution in [0.5, 0.6) is 0 Å². The van der Waals surface area contributed by atoms with E-state index in [1.54, 1.807) is 12.4 Å². The van der Waals surface area contributed by atoms with E-state index in [-0.39, 0.29) is 5.91 Å². The number of aromatic amines is 1. The van der Waals surface area contributed by atoms with Crippen LogP contribution in [0, 0.1) is 5.92 Å². The van der Waals surface area contributed by atoms with Crippen molar-refractivity contribution in [1.82, 2.24) is 19.9 Å². The molecule has 0 aliphatic carbocycles. The number of hydrogen-bond donors (Lipinski definition) is 2. The van der Waals surface area contributed by atoms with Crippen molar-refractivity contribution in [3.8, 4) is 0 Å². The molecule has 6 nitrogen and oxygen atoms in total. The number of benzene rings is 1. The number of hydrogen-bond acceptors (Lipinski definition) is 4. The topological polar surface area (TPSA) is 73.9 Å². The molecule has 0 unspecified atom stereocenters. The molecule has 2 aromatic heterocycles. The minimum atomic E-state index is -0.0141. The third-order valence-electron chi connectivity index (χ3n) is 5.32.